The molecule has 9 nitrogen and oxygen atoms in total. The van der Waals surface area contributed by atoms with E-state index in [-0.39, 0.29) is 10.8 Å². The number of nitrogens with one attached hydrogen (secondary N) is 2. The van der Waals surface area contributed by atoms with Crippen LogP contribution in [0.2, 0.25) is 0 Å². The number of rotatable bonds is 10. The summed E-state index contributed by atoms with van der Waals surface area (Å²) in [5.41, 5.74) is 3.50. The molecular formula is C21H24N4O5S. The number of likely N-dealkylation sites (N-methyl/N-ethyl adjacent to an activating group) is 1. The second kappa shape index (κ2) is 11.0. The van der Waals surface area contributed by atoms with Crippen LogP contribution in [0.1, 0.15) is 12.5 Å². The van der Waals surface area contributed by atoms with Gasteiger partial charge in [-0.2, -0.15) is 9.41 Å². The van der Waals surface area contributed by atoms with Crippen LogP contribution in [0, 0.1) is 0 Å². The van der Waals surface area contributed by atoms with Crippen molar-refractivity contribution in [3.8, 4) is 5.75 Å². The van der Waals surface area contributed by atoms with Crippen molar-refractivity contribution >= 4 is 33.7 Å². The van der Waals surface area contributed by atoms with E-state index in [1.165, 1.54) is 44.5 Å². The summed E-state index contributed by atoms with van der Waals surface area (Å²) >= 11 is 0. The van der Waals surface area contributed by atoms with E-state index in [1.807, 2.05) is 0 Å². The zero-order chi connectivity index (χ0) is 22.9. The number of anilines is 1. The van der Waals surface area contributed by atoms with E-state index in [4.69, 9.17) is 4.74 Å². The van der Waals surface area contributed by atoms with E-state index < -0.39 is 22.5 Å². The van der Waals surface area contributed by atoms with Crippen molar-refractivity contribution in [3.63, 3.8) is 0 Å². The second-order valence-electron chi connectivity index (χ2n) is 6.43. The molecule has 0 unspecified atom stereocenters. The third-order valence-electron chi connectivity index (χ3n) is 3.90. The van der Waals surface area contributed by atoms with Gasteiger partial charge in [-0.25, -0.2) is 13.8 Å². The highest BCUT2D eigenvalue weighted by Crippen LogP contribution is 2.17. The number of hydrazone groups is 1. The minimum atomic E-state index is -3.88. The molecule has 0 aliphatic heterocycles. The molecule has 0 radical (unpaired) electrons. The first-order valence-electron chi connectivity index (χ1n) is 9.22. The van der Waals surface area contributed by atoms with Gasteiger partial charge in [-0.05, 0) is 54.1 Å². The molecular weight excluding hydrogens is 420 g/mol. The number of amides is 2. The zero-order valence-electron chi connectivity index (χ0n) is 17.2. The van der Waals surface area contributed by atoms with Crippen molar-refractivity contribution < 1.29 is 22.7 Å². The van der Waals surface area contributed by atoms with Crippen LogP contribution in [0.3, 0.4) is 0 Å². The average Bonchev–Trinajstić information content (AvgIpc) is 2.73. The Bertz CT molecular complexity index is 1050. The van der Waals surface area contributed by atoms with E-state index in [0.717, 1.165) is 9.87 Å². The highest BCUT2D eigenvalue weighted by Gasteiger charge is 2.22. The lowest BCUT2D eigenvalue weighted by atomic mass is 10.2. The summed E-state index contributed by atoms with van der Waals surface area (Å²) in [6.07, 6.45) is 3.08. The van der Waals surface area contributed by atoms with Gasteiger partial charge in [-0.15, -0.1) is 0 Å². The number of carbonyl (C=O) groups is 2. The molecule has 0 atom stereocenters. The van der Waals surface area contributed by atoms with E-state index in [0.29, 0.717) is 18.0 Å². The molecule has 2 aromatic rings. The third-order valence-corrected chi connectivity index (χ3v) is 5.72. The van der Waals surface area contributed by atoms with Crippen molar-refractivity contribution in [2.24, 2.45) is 5.10 Å². The fourth-order valence-corrected chi connectivity index (χ4v) is 3.53. The average molecular weight is 445 g/mol. The summed E-state index contributed by atoms with van der Waals surface area (Å²) in [7, 11) is -2.59. The maximum atomic E-state index is 12.6. The highest BCUT2D eigenvalue weighted by atomic mass is 32.2. The van der Waals surface area contributed by atoms with Gasteiger partial charge >= 0.3 is 0 Å². The Morgan fingerprint density at radius 2 is 1.77 bits per heavy atom. The largest absolute Gasteiger partial charge is 0.490 e. The summed E-state index contributed by atoms with van der Waals surface area (Å²) in [5.74, 6) is -0.178. The molecule has 164 valence electrons. The molecule has 0 saturated carbocycles. The number of hydrogen-bond donors (Lipinski definition) is 2. The fourth-order valence-electron chi connectivity index (χ4n) is 2.40. The van der Waals surface area contributed by atoms with Gasteiger partial charge in [0.1, 0.15) is 12.4 Å². The first-order chi connectivity index (χ1) is 14.7. The molecule has 2 N–H and O–H groups in total. The fraction of sp³-hybridized carbons (Fsp3) is 0.190. The normalized spacial score (nSPS) is 11.3. The van der Waals surface area contributed by atoms with Crippen molar-refractivity contribution in [2.45, 2.75) is 11.8 Å². The van der Waals surface area contributed by atoms with Crippen molar-refractivity contribution in [3.05, 3.63) is 66.7 Å². The van der Waals surface area contributed by atoms with Crippen LogP contribution in [-0.4, -0.2) is 51.0 Å². The SMILES string of the molecule is C=CCOc1ccc(/C=N\NC(=O)CN(C)S(=O)(=O)c2ccc(NC(C)=O)cc2)cc1. The number of hydrogen-bond acceptors (Lipinski definition) is 6. The minimum Gasteiger partial charge on any atom is -0.490 e. The first kappa shape index (κ1) is 23.8. The molecule has 10 heteroatoms. The second-order valence-corrected chi connectivity index (χ2v) is 8.47. The van der Waals surface area contributed by atoms with Gasteiger partial charge in [0.05, 0.1) is 17.7 Å². The van der Waals surface area contributed by atoms with Gasteiger partial charge in [-0.3, -0.25) is 9.59 Å². The smallest absolute Gasteiger partial charge is 0.255 e. The Hall–Kier alpha value is -3.50. The molecule has 31 heavy (non-hydrogen) atoms. The van der Waals surface area contributed by atoms with Gasteiger partial charge in [0.2, 0.25) is 15.9 Å². The molecule has 0 heterocycles. The zero-order valence-corrected chi connectivity index (χ0v) is 18.1. The molecule has 0 fully saturated rings. The quantitative estimate of drug-likeness (QED) is 0.330. The lowest BCUT2D eigenvalue weighted by Crippen LogP contribution is -2.36. The summed E-state index contributed by atoms with van der Waals surface area (Å²) in [6, 6.07) is 12.7. The molecule has 0 aliphatic carbocycles. The number of carbonyl (C=O) groups excluding carboxylic acids is 2. The van der Waals surface area contributed by atoms with Gasteiger partial charge in [-0.1, -0.05) is 12.7 Å². The Morgan fingerprint density at radius 1 is 1.13 bits per heavy atom. The minimum absolute atomic E-state index is 0.000772. The molecule has 0 bridgehead atoms. The van der Waals surface area contributed by atoms with Crippen LogP contribution in [0.15, 0.2) is 71.2 Å². The molecule has 0 saturated heterocycles. The number of sulfonamides is 1. The Kier molecular flexibility index (Phi) is 8.47. The van der Waals surface area contributed by atoms with Crippen LogP contribution in [-0.2, 0) is 19.6 Å². The topological polar surface area (TPSA) is 117 Å². The van der Waals surface area contributed by atoms with Crippen LogP contribution >= 0.6 is 0 Å². The number of benzene rings is 2. The summed E-state index contributed by atoms with van der Waals surface area (Å²) in [4.78, 5) is 23.1. The molecule has 2 rings (SSSR count). The maximum Gasteiger partial charge on any atom is 0.255 e. The molecule has 0 aliphatic rings. The van der Waals surface area contributed by atoms with Crippen molar-refractivity contribution in [1.82, 2.24) is 9.73 Å². The van der Waals surface area contributed by atoms with Gasteiger partial charge in [0.15, 0.2) is 0 Å². The highest BCUT2D eigenvalue weighted by molar-refractivity contribution is 7.89. The third kappa shape index (κ3) is 7.36. The molecule has 2 aromatic carbocycles. The predicted molar refractivity (Wildman–Crippen MR) is 118 cm³/mol. The Balaban J connectivity index is 1.91. The maximum absolute atomic E-state index is 12.6. The van der Waals surface area contributed by atoms with Gasteiger partial charge in [0.25, 0.3) is 5.91 Å². The number of ether oxygens (including phenoxy) is 1. The van der Waals surface area contributed by atoms with E-state index in [2.05, 4.69) is 22.4 Å². The van der Waals surface area contributed by atoms with Crippen LogP contribution in [0.25, 0.3) is 0 Å². The van der Waals surface area contributed by atoms with Gasteiger partial charge < -0.3 is 10.1 Å². The standard InChI is InChI=1S/C21H24N4O5S/c1-4-13-30-19-9-5-17(6-10-19)14-22-24-21(27)15-25(3)31(28,29)20-11-7-18(8-12-20)23-16(2)26/h4-12,14H,1,13,15H2,2-3H3,(H,23,26)(H,24,27)/b22-14-. The Morgan fingerprint density at radius 3 is 2.35 bits per heavy atom. The molecule has 2 amide bonds. The van der Waals surface area contributed by atoms with Crippen LogP contribution < -0.4 is 15.5 Å². The van der Waals surface area contributed by atoms with E-state index in [1.54, 1.807) is 30.3 Å². The van der Waals surface area contributed by atoms with E-state index in [9.17, 15) is 18.0 Å². The lowest BCUT2D eigenvalue weighted by molar-refractivity contribution is -0.121. The monoisotopic (exact) mass is 444 g/mol. The Labute approximate surface area is 181 Å². The molecule has 0 spiro atoms. The van der Waals surface area contributed by atoms with Gasteiger partial charge in [0, 0.05) is 19.7 Å². The van der Waals surface area contributed by atoms with Crippen molar-refractivity contribution in [2.75, 3.05) is 25.5 Å². The van der Waals surface area contributed by atoms with Crippen LogP contribution in [0.5, 0.6) is 5.75 Å². The predicted octanol–water partition coefficient (Wildman–Crippen LogP) is 1.98. The lowest BCUT2D eigenvalue weighted by Gasteiger charge is -2.16. The summed E-state index contributed by atoms with van der Waals surface area (Å²) in [6.45, 7) is 4.92. The van der Waals surface area contributed by atoms with Crippen LogP contribution in [0.4, 0.5) is 5.69 Å². The summed E-state index contributed by atoms with van der Waals surface area (Å²) in [5, 5.41) is 6.39. The molecule has 0 aromatic heterocycles. The van der Waals surface area contributed by atoms with Crippen molar-refractivity contribution in [1.29, 1.82) is 0 Å². The number of nitrogens with zero attached hydrogens (tertiary/aromatic N) is 2. The summed E-state index contributed by atoms with van der Waals surface area (Å²) < 4.78 is 31.5. The van der Waals surface area contributed by atoms with E-state index >= 15 is 0 Å². The first-order valence-corrected chi connectivity index (χ1v) is 10.7.